The number of hydrogen-bond donors (Lipinski definition) is 2. The van der Waals surface area contributed by atoms with Gasteiger partial charge >= 0.3 is 0 Å². The number of nitrogens with one attached hydrogen (secondary N) is 1. The maximum absolute atomic E-state index is 14.8. The van der Waals surface area contributed by atoms with Crippen molar-refractivity contribution in [3.05, 3.63) is 63.7 Å². The van der Waals surface area contributed by atoms with E-state index in [9.17, 15) is 35.9 Å². The molecule has 0 bridgehead atoms. The summed E-state index contributed by atoms with van der Waals surface area (Å²) < 4.78 is 83.7. The molecule has 2 heterocycles. The molecular weight excluding hydrogens is 482 g/mol. The number of aliphatic hydroxyl groups is 1. The van der Waals surface area contributed by atoms with Gasteiger partial charge < -0.3 is 15.3 Å². The Bertz CT molecular complexity index is 1280. The summed E-state index contributed by atoms with van der Waals surface area (Å²) in [6.07, 6.45) is -3.21. The van der Waals surface area contributed by atoms with Crippen LogP contribution < -0.4 is 15.6 Å². The van der Waals surface area contributed by atoms with Crippen molar-refractivity contribution in [2.45, 2.75) is 18.9 Å². The minimum Gasteiger partial charge on any atom is -0.395 e. The first-order chi connectivity index (χ1) is 16.6. The lowest BCUT2D eigenvalue weighted by Crippen LogP contribution is -2.42. The molecule has 0 saturated heterocycles. The number of hydrogen-bond acceptors (Lipinski definition) is 5. The number of carbonyl (C=O) groups is 1. The molecular formula is C22H20F6N4O3. The summed E-state index contributed by atoms with van der Waals surface area (Å²) in [5, 5.41) is 10.4. The number of rotatable bonds is 9. The second-order valence-electron chi connectivity index (χ2n) is 7.51. The van der Waals surface area contributed by atoms with E-state index in [0.717, 1.165) is 18.2 Å². The summed E-state index contributed by atoms with van der Waals surface area (Å²) >= 11 is 0. The molecule has 0 aliphatic carbocycles. The number of para-hydroxylation sites is 1. The Morgan fingerprint density at radius 1 is 1.20 bits per heavy atom. The third-order valence-electron chi connectivity index (χ3n) is 5.17. The van der Waals surface area contributed by atoms with Gasteiger partial charge in [-0.05, 0) is 18.2 Å². The topological polar surface area (TPSA) is 87.5 Å². The molecule has 0 saturated carbocycles. The standard InChI is InChI=1S/C22H20F6N4O3/c1-31(7-8-33)21-15(26)9-11-18(34)12(22(35)29-16(5-6-23)19(27)28)10-32(20(11)30-21)17-13(24)3-2-4-14(17)25/h2-4,9-10,16,19,33H,5-8H2,1H3,(H,29,35)/t16-/m0/s1. The Labute approximate surface area is 194 Å². The van der Waals surface area contributed by atoms with E-state index in [1.165, 1.54) is 11.9 Å². The van der Waals surface area contributed by atoms with Crippen molar-refractivity contribution in [1.29, 1.82) is 0 Å². The van der Waals surface area contributed by atoms with E-state index in [-0.39, 0.29) is 19.0 Å². The van der Waals surface area contributed by atoms with Crippen LogP contribution in [0.5, 0.6) is 0 Å². The number of carbonyl (C=O) groups excluding carboxylic acids is 1. The average molecular weight is 502 g/mol. The van der Waals surface area contributed by atoms with Gasteiger partial charge in [0.05, 0.1) is 24.7 Å². The number of pyridine rings is 2. The van der Waals surface area contributed by atoms with Crippen LogP contribution in [0.1, 0.15) is 16.8 Å². The van der Waals surface area contributed by atoms with E-state index in [0.29, 0.717) is 16.8 Å². The molecule has 13 heteroatoms. The van der Waals surface area contributed by atoms with E-state index < -0.39 is 76.6 Å². The number of likely N-dealkylation sites (N-methyl/N-ethyl adjacent to an activating group) is 1. The van der Waals surface area contributed by atoms with Crippen molar-refractivity contribution < 1.29 is 36.2 Å². The number of nitrogens with zero attached hydrogens (tertiary/aromatic N) is 3. The number of aliphatic hydroxyl groups excluding tert-OH is 1. The summed E-state index contributed by atoms with van der Waals surface area (Å²) in [5.41, 5.74) is -3.20. The molecule has 2 aromatic heterocycles. The summed E-state index contributed by atoms with van der Waals surface area (Å²) in [4.78, 5) is 30.9. The number of amides is 1. The smallest absolute Gasteiger partial charge is 0.258 e. The van der Waals surface area contributed by atoms with E-state index in [1.54, 1.807) is 0 Å². The summed E-state index contributed by atoms with van der Waals surface area (Å²) in [7, 11) is 1.37. The van der Waals surface area contributed by atoms with Crippen molar-refractivity contribution in [1.82, 2.24) is 14.9 Å². The Kier molecular flexibility index (Phi) is 7.99. The summed E-state index contributed by atoms with van der Waals surface area (Å²) in [6, 6.07) is 1.58. The zero-order chi connectivity index (χ0) is 25.9. The number of fused-ring (bicyclic) bond motifs is 1. The first-order valence-corrected chi connectivity index (χ1v) is 10.3. The van der Waals surface area contributed by atoms with Gasteiger partial charge in [0.1, 0.15) is 22.9 Å². The van der Waals surface area contributed by atoms with Gasteiger partial charge in [-0.15, -0.1) is 0 Å². The van der Waals surface area contributed by atoms with Gasteiger partial charge in [0.15, 0.2) is 17.3 Å². The number of anilines is 1. The summed E-state index contributed by atoms with van der Waals surface area (Å²) in [6.45, 7) is -1.64. The van der Waals surface area contributed by atoms with E-state index in [4.69, 9.17) is 5.11 Å². The minimum absolute atomic E-state index is 0.0716. The van der Waals surface area contributed by atoms with Gasteiger partial charge in [-0.2, -0.15) is 0 Å². The van der Waals surface area contributed by atoms with Crippen molar-refractivity contribution in [2.75, 3.05) is 31.8 Å². The monoisotopic (exact) mass is 502 g/mol. The first kappa shape index (κ1) is 26.0. The molecule has 0 aliphatic rings. The largest absolute Gasteiger partial charge is 0.395 e. The van der Waals surface area contributed by atoms with E-state index >= 15 is 0 Å². The molecule has 0 aliphatic heterocycles. The van der Waals surface area contributed by atoms with Crippen LogP contribution in [0.3, 0.4) is 0 Å². The highest BCUT2D eigenvalue weighted by atomic mass is 19.3. The van der Waals surface area contributed by atoms with Gasteiger partial charge in [0.2, 0.25) is 5.43 Å². The number of alkyl halides is 3. The van der Waals surface area contributed by atoms with Gasteiger partial charge in [-0.1, -0.05) is 6.07 Å². The highest BCUT2D eigenvalue weighted by molar-refractivity contribution is 5.97. The van der Waals surface area contributed by atoms with Crippen molar-refractivity contribution in [3.8, 4) is 5.69 Å². The maximum atomic E-state index is 14.8. The van der Waals surface area contributed by atoms with Crippen LogP contribution in [0, 0.1) is 17.5 Å². The van der Waals surface area contributed by atoms with Crippen molar-refractivity contribution in [2.24, 2.45) is 0 Å². The van der Waals surface area contributed by atoms with Crippen LogP contribution in [0.2, 0.25) is 0 Å². The van der Waals surface area contributed by atoms with Gasteiger partial charge in [0.25, 0.3) is 12.3 Å². The lowest BCUT2D eigenvalue weighted by molar-refractivity contribution is 0.0708. The van der Waals surface area contributed by atoms with Crippen LogP contribution >= 0.6 is 0 Å². The second-order valence-corrected chi connectivity index (χ2v) is 7.51. The predicted octanol–water partition coefficient (Wildman–Crippen LogP) is 2.95. The fourth-order valence-electron chi connectivity index (χ4n) is 3.41. The SMILES string of the molecule is CN(CCO)c1nc2c(cc1F)c(=O)c(C(=O)N[C@@H](CCF)C(F)F)cn2-c1c(F)cccc1F. The number of benzene rings is 1. The molecule has 7 nitrogen and oxygen atoms in total. The predicted molar refractivity (Wildman–Crippen MR) is 115 cm³/mol. The van der Waals surface area contributed by atoms with Gasteiger partial charge in [-0.25, -0.2) is 26.9 Å². The quantitative estimate of drug-likeness (QED) is 0.440. The van der Waals surface area contributed by atoms with Crippen LogP contribution in [0.4, 0.5) is 32.2 Å². The van der Waals surface area contributed by atoms with Crippen LogP contribution in [0.25, 0.3) is 16.7 Å². The third-order valence-corrected chi connectivity index (χ3v) is 5.17. The number of halogens is 6. The third kappa shape index (κ3) is 5.24. The van der Waals surface area contributed by atoms with Crippen molar-refractivity contribution >= 4 is 22.8 Å². The highest BCUT2D eigenvalue weighted by Gasteiger charge is 2.27. The first-order valence-electron chi connectivity index (χ1n) is 10.3. The molecule has 1 amide bonds. The highest BCUT2D eigenvalue weighted by Crippen LogP contribution is 2.25. The normalized spacial score (nSPS) is 12.3. The molecule has 3 aromatic rings. The molecule has 1 atom stereocenters. The molecule has 0 unspecified atom stereocenters. The van der Waals surface area contributed by atoms with E-state index in [2.05, 4.69) is 4.98 Å². The molecule has 3 rings (SSSR count). The van der Waals surface area contributed by atoms with Gasteiger partial charge in [-0.3, -0.25) is 18.5 Å². The fourth-order valence-corrected chi connectivity index (χ4v) is 3.41. The lowest BCUT2D eigenvalue weighted by atomic mass is 10.1. The van der Waals surface area contributed by atoms with Gasteiger partial charge in [0, 0.05) is 26.2 Å². The molecule has 0 fully saturated rings. The zero-order valence-corrected chi connectivity index (χ0v) is 18.2. The minimum atomic E-state index is -3.16. The lowest BCUT2D eigenvalue weighted by Gasteiger charge is -2.20. The summed E-state index contributed by atoms with van der Waals surface area (Å²) in [5.74, 6) is -5.04. The van der Waals surface area contributed by atoms with E-state index in [1.807, 2.05) is 5.32 Å². The Hall–Kier alpha value is -3.61. The Balaban J connectivity index is 2.32. The number of aromatic nitrogens is 2. The molecule has 0 spiro atoms. The van der Waals surface area contributed by atoms with Crippen LogP contribution in [-0.2, 0) is 0 Å². The Morgan fingerprint density at radius 2 is 1.86 bits per heavy atom. The zero-order valence-electron chi connectivity index (χ0n) is 18.2. The maximum Gasteiger partial charge on any atom is 0.258 e. The van der Waals surface area contributed by atoms with Crippen LogP contribution in [0.15, 0.2) is 35.3 Å². The molecule has 1 aromatic carbocycles. The molecule has 0 radical (unpaired) electrons. The second kappa shape index (κ2) is 10.8. The Morgan fingerprint density at radius 3 is 2.43 bits per heavy atom. The van der Waals surface area contributed by atoms with Crippen molar-refractivity contribution in [3.63, 3.8) is 0 Å². The molecule has 2 N–H and O–H groups in total. The van der Waals surface area contributed by atoms with Crippen LogP contribution in [-0.4, -0.2) is 59.9 Å². The molecule has 188 valence electrons. The molecule has 35 heavy (non-hydrogen) atoms. The fraction of sp³-hybridized carbons (Fsp3) is 0.318. The average Bonchev–Trinajstić information content (AvgIpc) is 2.79.